The zero-order valence-corrected chi connectivity index (χ0v) is 27.0. The average Bonchev–Trinajstić information content (AvgIpc) is 3.37. The molecule has 22 heteroatoms. The minimum absolute atomic E-state index is 0.0482. The highest BCUT2D eigenvalue weighted by Gasteiger charge is 2.43. The number of fused-ring (bicyclic) bond motifs is 1. The summed E-state index contributed by atoms with van der Waals surface area (Å²) in [5.74, 6) is 6.04. The van der Waals surface area contributed by atoms with Gasteiger partial charge in [-0.05, 0) is 6.92 Å². The summed E-state index contributed by atoms with van der Waals surface area (Å²) in [6.45, 7) is 6.98. The topological polar surface area (TPSA) is 255 Å². The lowest BCUT2D eigenvalue weighted by molar-refractivity contribution is -0.0520. The van der Waals surface area contributed by atoms with E-state index in [1.165, 1.54) is 10.8 Å². The second kappa shape index (κ2) is 13.9. The molecule has 0 spiro atoms. The van der Waals surface area contributed by atoms with E-state index in [9.17, 15) is 28.3 Å². The van der Waals surface area contributed by atoms with Gasteiger partial charge in [0.15, 0.2) is 5.65 Å². The van der Waals surface area contributed by atoms with Gasteiger partial charge in [0.05, 0.1) is 30.2 Å². The van der Waals surface area contributed by atoms with Gasteiger partial charge in [-0.2, -0.15) is 8.62 Å². The van der Waals surface area contributed by atoms with Crippen LogP contribution in [0.1, 0.15) is 44.8 Å². The summed E-state index contributed by atoms with van der Waals surface area (Å²) >= 11 is 0. The largest absolute Gasteiger partial charge is 0.490 e. The molecule has 0 bridgehead atoms. The van der Waals surface area contributed by atoms with Crippen LogP contribution in [-0.2, 0) is 36.3 Å². The van der Waals surface area contributed by atoms with Gasteiger partial charge >= 0.3 is 23.5 Å². The maximum absolute atomic E-state index is 12.7. The third kappa shape index (κ3) is 10.6. The van der Waals surface area contributed by atoms with Crippen LogP contribution in [0.5, 0.6) is 0 Å². The summed E-state index contributed by atoms with van der Waals surface area (Å²) < 4.78 is 60.8. The third-order valence-electron chi connectivity index (χ3n) is 5.07. The number of hydrogen-bond acceptors (Lipinski definition) is 13. The molecule has 42 heavy (non-hydrogen) atoms. The molecular weight excluding hydrogens is 661 g/mol. The van der Waals surface area contributed by atoms with E-state index in [0.717, 1.165) is 0 Å². The van der Waals surface area contributed by atoms with Crippen LogP contribution in [0.4, 0.5) is 0 Å². The molecule has 1 fully saturated rings. The Morgan fingerprint density at radius 2 is 1.90 bits per heavy atom. The van der Waals surface area contributed by atoms with Crippen molar-refractivity contribution in [2.24, 2.45) is 5.73 Å². The Hall–Kier alpha value is -1.03. The Morgan fingerprint density at radius 3 is 2.52 bits per heavy atom. The van der Waals surface area contributed by atoms with Gasteiger partial charge in [-0.25, -0.2) is 18.7 Å². The predicted octanol–water partition coefficient (Wildman–Crippen LogP) is 2.50. The number of nitrogens with zero attached hydrogens (tertiary/aromatic N) is 2. The van der Waals surface area contributed by atoms with Gasteiger partial charge in [0.2, 0.25) is 0 Å². The zero-order chi connectivity index (χ0) is 31.5. The third-order valence-corrected chi connectivity index (χ3v) is 11.9. The van der Waals surface area contributed by atoms with Gasteiger partial charge < -0.3 is 44.3 Å². The molecule has 3 heterocycles. The fourth-order valence-corrected chi connectivity index (χ4v) is 8.74. The maximum Gasteiger partial charge on any atom is 0.490 e. The molecule has 0 radical (unpaired) electrons. The Bertz CT molecular complexity index is 1540. The predicted molar refractivity (Wildman–Crippen MR) is 154 cm³/mol. The lowest BCUT2D eigenvalue weighted by atomic mass is 10.2. The van der Waals surface area contributed by atoms with E-state index >= 15 is 0 Å². The van der Waals surface area contributed by atoms with E-state index in [-0.39, 0.29) is 34.7 Å². The normalized spacial score (nSPS) is 22.5. The van der Waals surface area contributed by atoms with Crippen LogP contribution in [0, 0.1) is 18.8 Å². The summed E-state index contributed by atoms with van der Waals surface area (Å²) in [5.41, 5.74) is 5.67. The lowest BCUT2D eigenvalue weighted by Crippen LogP contribution is -2.29. The molecule has 2 aromatic rings. The van der Waals surface area contributed by atoms with E-state index < -0.39 is 54.1 Å². The first-order valence-electron chi connectivity index (χ1n) is 12.0. The van der Waals surface area contributed by atoms with Gasteiger partial charge in [0, 0.05) is 17.4 Å². The van der Waals surface area contributed by atoms with Gasteiger partial charge in [-0.15, -0.1) is 0 Å². The quantitative estimate of drug-likeness (QED) is 0.0614. The highest BCUT2D eigenvalue weighted by Crippen LogP contribution is 2.66. The second-order valence-corrected chi connectivity index (χ2v) is 17.2. The molecule has 236 valence electrons. The first kappa shape index (κ1) is 35.4. The summed E-state index contributed by atoms with van der Waals surface area (Å²) in [6, 6.07) is 0. The van der Waals surface area contributed by atoms with Crippen LogP contribution in [0.25, 0.3) is 11.0 Å². The van der Waals surface area contributed by atoms with E-state index in [1.54, 1.807) is 28.5 Å². The molecule has 0 amide bonds. The number of nitrogens with one attached hydrogen (secondary N) is 1. The zero-order valence-electron chi connectivity index (χ0n) is 22.7. The number of phosphoric acid groups is 3. The molecule has 0 saturated carbocycles. The van der Waals surface area contributed by atoms with E-state index in [4.69, 9.17) is 29.5 Å². The number of hydrogen-bond donors (Lipinski definition) is 6. The number of ether oxygens (including phenoxy) is 2. The van der Waals surface area contributed by atoms with E-state index in [0.29, 0.717) is 11.4 Å². The van der Waals surface area contributed by atoms with Crippen molar-refractivity contribution in [1.29, 1.82) is 0 Å². The minimum atomic E-state index is -5.70. The summed E-state index contributed by atoms with van der Waals surface area (Å²) in [7, 11) is -13.7. The molecule has 1 aliphatic heterocycles. The van der Waals surface area contributed by atoms with Crippen LogP contribution < -0.4 is 11.3 Å². The number of rotatable bonds is 12. The van der Waals surface area contributed by atoms with Crippen LogP contribution >= 0.6 is 45.1 Å². The summed E-state index contributed by atoms with van der Waals surface area (Å²) in [6.07, 6.45) is -0.916. The van der Waals surface area contributed by atoms with Crippen molar-refractivity contribution in [1.82, 2.24) is 14.5 Å². The lowest BCUT2D eigenvalue weighted by Gasteiger charge is -2.22. The monoisotopic (exact) mass is 692 g/mol. The number of aromatic amines is 1. The van der Waals surface area contributed by atoms with Crippen molar-refractivity contribution in [3.05, 3.63) is 27.9 Å². The molecule has 7 N–H and O–H groups in total. The van der Waals surface area contributed by atoms with Crippen molar-refractivity contribution in [3.63, 3.8) is 0 Å². The highest BCUT2D eigenvalue weighted by atomic mass is 33.1. The summed E-state index contributed by atoms with van der Waals surface area (Å²) in [5, 5.41) is 0.205. The summed E-state index contributed by atoms with van der Waals surface area (Å²) in [4.78, 5) is 56.6. The molecule has 3 unspecified atom stereocenters. The fourth-order valence-electron chi connectivity index (χ4n) is 3.71. The molecular formula is C20H31N4O13P3S2. The maximum atomic E-state index is 12.7. The smallest absolute Gasteiger partial charge is 0.364 e. The first-order chi connectivity index (χ1) is 19.3. The van der Waals surface area contributed by atoms with Crippen molar-refractivity contribution in [3.8, 4) is 11.8 Å². The van der Waals surface area contributed by atoms with Gasteiger partial charge in [0.25, 0.3) is 5.56 Å². The van der Waals surface area contributed by atoms with Crippen LogP contribution in [0.3, 0.4) is 0 Å². The van der Waals surface area contributed by atoms with Crippen molar-refractivity contribution < 1.29 is 55.9 Å². The number of nitrogens with two attached hydrogens (primary N) is 1. The molecule has 3 rings (SSSR count). The molecule has 17 nitrogen and oxygen atoms in total. The molecule has 0 aliphatic carbocycles. The van der Waals surface area contributed by atoms with Crippen LogP contribution in [0.15, 0.2) is 11.0 Å². The van der Waals surface area contributed by atoms with Crippen molar-refractivity contribution in [2.45, 2.75) is 57.3 Å². The number of aryl methyl sites for hydroxylation is 1. The Balaban J connectivity index is 1.86. The number of phosphoric ester groups is 1. The molecule has 1 saturated heterocycles. The van der Waals surface area contributed by atoms with E-state index in [1.807, 2.05) is 20.8 Å². The van der Waals surface area contributed by atoms with Gasteiger partial charge in [0.1, 0.15) is 24.1 Å². The number of aromatic nitrogens is 3. The first-order valence-corrected chi connectivity index (χ1v) is 18.8. The SMILES string of the molecule is Cc1nc2c(c(C#CCN)cn2[C@H]2CC(OCSSC(C)(C)C)[C@@H](COP(=O)(O)OP(=O)(O)OP(=O)(O)O)O2)c(=O)[nH]1. The second-order valence-electron chi connectivity index (χ2n) is 9.69. The molecule has 1 aliphatic rings. The van der Waals surface area contributed by atoms with E-state index in [2.05, 4.69) is 30.4 Å². The molecule has 5 atom stereocenters. The Kier molecular flexibility index (Phi) is 11.8. The molecule has 0 aromatic carbocycles. The Morgan fingerprint density at radius 1 is 1.21 bits per heavy atom. The van der Waals surface area contributed by atoms with Gasteiger partial charge in [-0.1, -0.05) is 54.2 Å². The standard InChI is InChI=1S/C20H31N4O13P3S2/c1-12-22-18-17(19(25)23-12)13(6-5-7-21)9-24(18)16-8-14(33-11-41-42-20(2,3)4)15(35-16)10-34-39(29,30)37-40(31,32)36-38(26,27)28/h9,14-16H,7-8,10-11,21H2,1-4H3,(H,29,30)(H,31,32)(H,22,23,25)(H2,26,27,28)/t14?,15-,16-/m1/s1. The van der Waals surface area contributed by atoms with Gasteiger partial charge in [-0.3, -0.25) is 9.32 Å². The Labute approximate surface area is 248 Å². The van der Waals surface area contributed by atoms with Crippen LogP contribution in [0.2, 0.25) is 0 Å². The highest BCUT2D eigenvalue weighted by molar-refractivity contribution is 8.77. The fraction of sp³-hybridized carbons (Fsp3) is 0.600. The average molecular weight is 693 g/mol. The minimum Gasteiger partial charge on any atom is -0.364 e. The number of H-pyrrole nitrogens is 1. The molecule has 2 aromatic heterocycles. The van der Waals surface area contributed by atoms with Crippen molar-refractivity contribution in [2.75, 3.05) is 19.1 Å². The van der Waals surface area contributed by atoms with Crippen LogP contribution in [-0.4, -0.2) is 70.2 Å². The van der Waals surface area contributed by atoms with Crippen molar-refractivity contribution >= 4 is 56.1 Å².